The third kappa shape index (κ3) is 6.33. The summed E-state index contributed by atoms with van der Waals surface area (Å²) < 4.78 is 0. The molecule has 0 rings (SSSR count). The van der Waals surface area contributed by atoms with E-state index in [9.17, 15) is 0 Å². The molecule has 16 heavy (non-hydrogen) atoms. The fourth-order valence-corrected chi connectivity index (χ4v) is 1.24. The molecule has 2 heteroatoms. The molecule has 0 fully saturated rings. The second-order valence-electron chi connectivity index (χ2n) is 3.12. The average molecular weight is 224 g/mol. The molecular weight excluding hydrogens is 196 g/mol. The van der Waals surface area contributed by atoms with E-state index in [0.29, 0.717) is 0 Å². The van der Waals surface area contributed by atoms with Gasteiger partial charge >= 0.3 is 0 Å². The molecule has 0 amide bonds. The van der Waals surface area contributed by atoms with Gasteiger partial charge in [0.15, 0.2) is 0 Å². The van der Waals surface area contributed by atoms with Crippen LogP contribution in [0.4, 0.5) is 0 Å². The third-order valence-electron chi connectivity index (χ3n) is 2.20. The molecule has 0 aliphatic rings. The van der Waals surface area contributed by atoms with Gasteiger partial charge in [-0.3, -0.25) is 0 Å². The van der Waals surface area contributed by atoms with E-state index in [1.165, 1.54) is 11.3 Å². The highest BCUT2D eigenvalue weighted by Crippen LogP contribution is 2.11. The van der Waals surface area contributed by atoms with Crippen LogP contribution in [0.3, 0.4) is 0 Å². The second kappa shape index (κ2) is 11.9. The van der Waals surface area contributed by atoms with Crippen molar-refractivity contribution < 1.29 is 0 Å². The largest absolute Gasteiger partial charge is 0.386 e. The molecule has 0 atom stereocenters. The Labute approximate surface area is 102 Å². The molecule has 0 bridgehead atoms. The molecular formula is C14H28N2. The van der Waals surface area contributed by atoms with E-state index in [1.54, 1.807) is 0 Å². The van der Waals surface area contributed by atoms with Crippen molar-refractivity contribution in [2.75, 3.05) is 14.1 Å². The first-order valence-electron chi connectivity index (χ1n) is 6.09. The summed E-state index contributed by atoms with van der Waals surface area (Å²) in [6.45, 7) is 10.3. The lowest BCUT2D eigenvalue weighted by Crippen LogP contribution is -2.19. The van der Waals surface area contributed by atoms with Crippen molar-refractivity contribution in [3.63, 3.8) is 0 Å². The molecule has 94 valence electrons. The van der Waals surface area contributed by atoms with Crippen molar-refractivity contribution >= 4 is 0 Å². The van der Waals surface area contributed by atoms with Crippen LogP contribution < -0.4 is 10.6 Å². The third-order valence-corrected chi connectivity index (χ3v) is 2.20. The molecule has 0 radical (unpaired) electrons. The molecule has 0 aromatic heterocycles. The highest BCUT2D eigenvalue weighted by atomic mass is 14.9. The van der Waals surface area contributed by atoms with Gasteiger partial charge in [-0.1, -0.05) is 32.9 Å². The number of nitrogens with one attached hydrogen (secondary N) is 2. The Balaban J connectivity index is 0. The van der Waals surface area contributed by atoms with Gasteiger partial charge in [-0.05, 0) is 31.9 Å². The minimum Gasteiger partial charge on any atom is -0.386 e. The number of rotatable bonds is 5. The molecule has 0 aromatic carbocycles. The predicted molar refractivity (Wildman–Crippen MR) is 75.4 cm³/mol. The Morgan fingerprint density at radius 2 is 1.69 bits per heavy atom. The van der Waals surface area contributed by atoms with Gasteiger partial charge < -0.3 is 10.6 Å². The van der Waals surface area contributed by atoms with E-state index < -0.39 is 0 Å². The lowest BCUT2D eigenvalue weighted by Gasteiger charge is -2.14. The minimum absolute atomic E-state index is 1.06. The Morgan fingerprint density at radius 3 is 2.00 bits per heavy atom. The zero-order valence-electron chi connectivity index (χ0n) is 11.9. The topological polar surface area (TPSA) is 24.1 Å². The molecule has 0 spiro atoms. The molecule has 2 N–H and O–H groups in total. The van der Waals surface area contributed by atoms with Crippen molar-refractivity contribution in [1.29, 1.82) is 0 Å². The smallest absolute Gasteiger partial charge is 0.0572 e. The Hall–Kier alpha value is -1.18. The highest BCUT2D eigenvalue weighted by molar-refractivity contribution is 5.34. The summed E-state index contributed by atoms with van der Waals surface area (Å²) in [7, 11) is 3.89. The van der Waals surface area contributed by atoms with Crippen LogP contribution in [-0.4, -0.2) is 14.1 Å². The quantitative estimate of drug-likeness (QED) is 0.697. The van der Waals surface area contributed by atoms with E-state index in [4.69, 9.17) is 0 Å². The second-order valence-corrected chi connectivity index (χ2v) is 3.12. The van der Waals surface area contributed by atoms with Gasteiger partial charge in [-0.25, -0.2) is 0 Å². The van der Waals surface area contributed by atoms with Crippen LogP contribution in [0.15, 0.2) is 35.2 Å². The van der Waals surface area contributed by atoms with Crippen LogP contribution in [0, 0.1) is 0 Å². The van der Waals surface area contributed by atoms with Crippen molar-refractivity contribution in [3.8, 4) is 0 Å². The Kier molecular flexibility index (Phi) is 12.8. The zero-order chi connectivity index (χ0) is 13.0. The number of hydrogen-bond acceptors (Lipinski definition) is 2. The van der Waals surface area contributed by atoms with Crippen molar-refractivity contribution in [1.82, 2.24) is 10.6 Å². The number of allylic oxidation sites excluding steroid dienone is 4. The molecule has 0 heterocycles. The maximum atomic E-state index is 3.23. The summed E-state index contributed by atoms with van der Waals surface area (Å²) in [5, 5.41) is 6.42. The SMILES string of the molecule is CC.C\C=C/C=C(NC)\C(NC)=C(/C)CC. The molecule has 0 saturated carbocycles. The van der Waals surface area contributed by atoms with Crippen LogP contribution in [0.25, 0.3) is 0 Å². The number of likely N-dealkylation sites (N-methyl/N-ethyl adjacent to an activating group) is 2. The minimum atomic E-state index is 1.06. The summed E-state index contributed by atoms with van der Waals surface area (Å²) in [6.07, 6.45) is 7.19. The maximum absolute atomic E-state index is 3.23. The molecule has 0 aromatic rings. The first-order valence-corrected chi connectivity index (χ1v) is 6.09. The number of hydrogen-bond donors (Lipinski definition) is 2. The fourth-order valence-electron chi connectivity index (χ4n) is 1.24. The lowest BCUT2D eigenvalue weighted by atomic mass is 10.1. The molecule has 0 saturated heterocycles. The Morgan fingerprint density at radius 1 is 1.12 bits per heavy atom. The lowest BCUT2D eigenvalue weighted by molar-refractivity contribution is 0.868. The van der Waals surface area contributed by atoms with E-state index in [-0.39, 0.29) is 0 Å². The Bertz CT molecular complexity index is 247. The summed E-state index contributed by atoms with van der Waals surface area (Å²) in [5.41, 5.74) is 3.68. The summed E-state index contributed by atoms with van der Waals surface area (Å²) in [4.78, 5) is 0. The van der Waals surface area contributed by atoms with E-state index in [1.807, 2.05) is 47.0 Å². The summed E-state index contributed by atoms with van der Waals surface area (Å²) >= 11 is 0. The van der Waals surface area contributed by atoms with E-state index in [2.05, 4.69) is 30.6 Å². The van der Waals surface area contributed by atoms with Gasteiger partial charge in [0.05, 0.1) is 11.4 Å². The average Bonchev–Trinajstić information content (AvgIpc) is 2.36. The van der Waals surface area contributed by atoms with Gasteiger partial charge in [0.1, 0.15) is 0 Å². The van der Waals surface area contributed by atoms with Crippen LogP contribution >= 0.6 is 0 Å². The fraction of sp³-hybridized carbons (Fsp3) is 0.571. The van der Waals surface area contributed by atoms with Crippen molar-refractivity contribution in [3.05, 3.63) is 35.2 Å². The van der Waals surface area contributed by atoms with Gasteiger partial charge in [0.2, 0.25) is 0 Å². The zero-order valence-corrected chi connectivity index (χ0v) is 11.9. The van der Waals surface area contributed by atoms with Crippen LogP contribution in [0.1, 0.15) is 41.0 Å². The maximum Gasteiger partial charge on any atom is 0.0572 e. The molecule has 0 aliphatic heterocycles. The predicted octanol–water partition coefficient (Wildman–Crippen LogP) is 3.60. The summed E-state index contributed by atoms with van der Waals surface area (Å²) in [6, 6.07) is 0. The highest BCUT2D eigenvalue weighted by Gasteiger charge is 2.02. The van der Waals surface area contributed by atoms with Crippen molar-refractivity contribution in [2.24, 2.45) is 0 Å². The van der Waals surface area contributed by atoms with Crippen LogP contribution in [0.5, 0.6) is 0 Å². The molecule has 0 aliphatic carbocycles. The molecule has 2 nitrogen and oxygen atoms in total. The first kappa shape index (κ1) is 17.2. The van der Waals surface area contributed by atoms with Gasteiger partial charge in [-0.2, -0.15) is 0 Å². The van der Waals surface area contributed by atoms with Crippen molar-refractivity contribution in [2.45, 2.75) is 41.0 Å². The van der Waals surface area contributed by atoms with E-state index >= 15 is 0 Å². The van der Waals surface area contributed by atoms with Crippen LogP contribution in [0.2, 0.25) is 0 Å². The van der Waals surface area contributed by atoms with Gasteiger partial charge in [0, 0.05) is 14.1 Å². The standard InChI is InChI=1S/C12H22N2.C2H6/c1-6-8-9-11(13-4)12(14-5)10(3)7-2;1-2/h6,8-9,13-14H,7H2,1-5H3;1-2H3/b8-6-,11-9+,12-10-;. The van der Waals surface area contributed by atoms with Gasteiger partial charge in [0.25, 0.3) is 0 Å². The first-order chi connectivity index (χ1) is 7.71. The van der Waals surface area contributed by atoms with Crippen LogP contribution in [-0.2, 0) is 0 Å². The van der Waals surface area contributed by atoms with E-state index in [0.717, 1.165) is 12.1 Å². The summed E-state index contributed by atoms with van der Waals surface area (Å²) in [5.74, 6) is 0. The monoisotopic (exact) mass is 224 g/mol. The molecule has 0 unspecified atom stereocenters. The van der Waals surface area contributed by atoms with Gasteiger partial charge in [-0.15, -0.1) is 0 Å². The normalized spacial score (nSPS) is 12.8.